The van der Waals surface area contributed by atoms with E-state index >= 15 is 0 Å². The number of hydrogen-bond donors (Lipinski definition) is 1. The molecular weight excluding hydrogens is 491 g/mol. The van der Waals surface area contributed by atoms with Crippen LogP contribution >= 0.6 is 47.1 Å². The van der Waals surface area contributed by atoms with Crippen LogP contribution in [0.5, 0.6) is 0 Å². The van der Waals surface area contributed by atoms with Gasteiger partial charge < -0.3 is 15.0 Å². The zero-order valence-corrected chi connectivity index (χ0v) is 20.5. The van der Waals surface area contributed by atoms with Gasteiger partial charge in [0.05, 0.1) is 18.8 Å². The van der Waals surface area contributed by atoms with Crippen molar-refractivity contribution in [2.24, 2.45) is 4.99 Å². The number of nitrogens with one attached hydrogen (secondary N) is 1. The van der Waals surface area contributed by atoms with Crippen molar-refractivity contribution in [1.29, 1.82) is 0 Å². The highest BCUT2D eigenvalue weighted by Crippen LogP contribution is 2.21. The van der Waals surface area contributed by atoms with Crippen LogP contribution < -0.4 is 5.32 Å². The fourth-order valence-electron chi connectivity index (χ4n) is 2.37. The Kier molecular flexibility index (Phi) is 11.3. The lowest BCUT2D eigenvalue weighted by Crippen LogP contribution is -2.38. The molecule has 0 spiro atoms. The first kappa shape index (κ1) is 24.2. The normalized spacial score (nSPS) is 12.4. The maximum Gasteiger partial charge on any atom is 0.194 e. The molecule has 1 aromatic heterocycles. The fourth-order valence-corrected chi connectivity index (χ4v) is 3.62. The van der Waals surface area contributed by atoms with E-state index in [0.29, 0.717) is 13.1 Å². The summed E-state index contributed by atoms with van der Waals surface area (Å²) in [6.45, 7) is 6.30. The van der Waals surface area contributed by atoms with Gasteiger partial charge >= 0.3 is 0 Å². The number of rotatable bonds is 8. The summed E-state index contributed by atoms with van der Waals surface area (Å²) in [4.78, 5) is 12.8. The van der Waals surface area contributed by atoms with E-state index < -0.39 is 0 Å². The first-order valence-electron chi connectivity index (χ1n) is 8.66. The summed E-state index contributed by atoms with van der Waals surface area (Å²) in [6, 6.07) is 8.55. The standard InChI is InChI=1S/C19H28N4OS2.HI/c1-6-20-19(21-11-15-7-9-17(25-5)10-8-15)23(3)12-16-13-26-18(22-16)14(2)24-4;/h7-10,13-14H,6,11-12H2,1-5H3,(H,20,21);1H. The van der Waals surface area contributed by atoms with Gasteiger partial charge in [-0.2, -0.15) is 0 Å². The Labute approximate surface area is 188 Å². The van der Waals surface area contributed by atoms with Crippen LogP contribution in [0.25, 0.3) is 0 Å². The number of thioether (sulfide) groups is 1. The Balaban J connectivity index is 0.00000364. The SMILES string of the molecule is CCNC(=NCc1ccc(SC)cc1)N(C)Cc1csc(C(C)OC)n1.I. The van der Waals surface area contributed by atoms with E-state index in [4.69, 9.17) is 9.73 Å². The minimum absolute atomic E-state index is 0. The molecule has 0 aliphatic rings. The van der Waals surface area contributed by atoms with Crippen molar-refractivity contribution in [2.45, 2.75) is 37.9 Å². The second-order valence-electron chi connectivity index (χ2n) is 5.93. The summed E-state index contributed by atoms with van der Waals surface area (Å²) in [6.07, 6.45) is 2.12. The molecule has 2 aromatic rings. The van der Waals surface area contributed by atoms with Gasteiger partial charge in [0.25, 0.3) is 0 Å². The van der Waals surface area contributed by atoms with Crippen molar-refractivity contribution in [1.82, 2.24) is 15.2 Å². The van der Waals surface area contributed by atoms with Gasteiger partial charge in [-0.3, -0.25) is 0 Å². The second-order valence-corrected chi connectivity index (χ2v) is 7.70. The molecule has 0 saturated heterocycles. The Morgan fingerprint density at radius 2 is 2.07 bits per heavy atom. The molecule has 1 atom stereocenters. The molecule has 0 bridgehead atoms. The maximum atomic E-state index is 5.34. The van der Waals surface area contributed by atoms with Crippen LogP contribution in [0, 0.1) is 0 Å². The topological polar surface area (TPSA) is 49.8 Å². The summed E-state index contributed by atoms with van der Waals surface area (Å²) in [5, 5.41) is 6.45. The van der Waals surface area contributed by atoms with E-state index in [-0.39, 0.29) is 30.1 Å². The maximum absolute atomic E-state index is 5.34. The van der Waals surface area contributed by atoms with Crippen LogP contribution in [0.15, 0.2) is 39.5 Å². The van der Waals surface area contributed by atoms with Gasteiger partial charge in [0.1, 0.15) is 11.1 Å². The number of aromatic nitrogens is 1. The van der Waals surface area contributed by atoms with E-state index in [1.165, 1.54) is 10.5 Å². The highest BCUT2D eigenvalue weighted by molar-refractivity contribution is 14.0. The van der Waals surface area contributed by atoms with Gasteiger partial charge in [-0.25, -0.2) is 9.98 Å². The minimum Gasteiger partial charge on any atom is -0.375 e. The number of methoxy groups -OCH3 is 1. The van der Waals surface area contributed by atoms with Crippen molar-refractivity contribution in [2.75, 3.05) is 27.0 Å². The molecule has 0 amide bonds. The Morgan fingerprint density at radius 3 is 2.67 bits per heavy atom. The monoisotopic (exact) mass is 520 g/mol. The van der Waals surface area contributed by atoms with Gasteiger partial charge in [0.15, 0.2) is 5.96 Å². The smallest absolute Gasteiger partial charge is 0.194 e. The van der Waals surface area contributed by atoms with Crippen molar-refractivity contribution < 1.29 is 4.74 Å². The third kappa shape index (κ3) is 7.59. The minimum atomic E-state index is 0. The molecule has 0 radical (unpaired) electrons. The summed E-state index contributed by atoms with van der Waals surface area (Å²) in [5.74, 6) is 0.885. The predicted octanol–water partition coefficient (Wildman–Crippen LogP) is 4.79. The molecule has 1 aromatic carbocycles. The number of ether oxygens (including phenoxy) is 1. The van der Waals surface area contributed by atoms with Crippen LogP contribution in [-0.4, -0.2) is 42.8 Å². The zero-order chi connectivity index (χ0) is 18.9. The first-order chi connectivity index (χ1) is 12.6. The summed E-state index contributed by atoms with van der Waals surface area (Å²) >= 11 is 3.39. The lowest BCUT2D eigenvalue weighted by atomic mass is 10.2. The molecule has 150 valence electrons. The molecule has 27 heavy (non-hydrogen) atoms. The van der Waals surface area contributed by atoms with Gasteiger partial charge in [0, 0.05) is 31.0 Å². The highest BCUT2D eigenvalue weighted by atomic mass is 127. The molecule has 0 aliphatic heterocycles. The van der Waals surface area contributed by atoms with Crippen LogP contribution in [0.2, 0.25) is 0 Å². The highest BCUT2D eigenvalue weighted by Gasteiger charge is 2.12. The van der Waals surface area contributed by atoms with Crippen molar-refractivity contribution >= 4 is 53.0 Å². The van der Waals surface area contributed by atoms with Crippen LogP contribution in [0.4, 0.5) is 0 Å². The van der Waals surface area contributed by atoms with E-state index in [1.807, 2.05) is 14.0 Å². The largest absolute Gasteiger partial charge is 0.375 e. The number of nitrogens with zero attached hydrogens (tertiary/aromatic N) is 3. The Morgan fingerprint density at radius 1 is 1.37 bits per heavy atom. The number of hydrogen-bond acceptors (Lipinski definition) is 5. The summed E-state index contributed by atoms with van der Waals surface area (Å²) in [5.41, 5.74) is 2.24. The quantitative estimate of drug-likeness (QED) is 0.235. The lowest BCUT2D eigenvalue weighted by molar-refractivity contribution is 0.119. The number of guanidine groups is 1. The molecule has 2 rings (SSSR count). The van der Waals surface area contributed by atoms with Crippen molar-refractivity contribution in [3.8, 4) is 0 Å². The molecule has 1 N–H and O–H groups in total. The molecule has 1 heterocycles. The third-order valence-electron chi connectivity index (χ3n) is 3.94. The Hall–Kier alpha value is -0.840. The summed E-state index contributed by atoms with van der Waals surface area (Å²) < 4.78 is 5.34. The molecule has 0 aliphatic carbocycles. The Bertz CT molecular complexity index is 706. The number of halogens is 1. The van der Waals surface area contributed by atoms with Gasteiger partial charge in [-0.15, -0.1) is 47.1 Å². The molecular formula is C19H29IN4OS2. The lowest BCUT2D eigenvalue weighted by Gasteiger charge is -2.21. The molecule has 0 saturated carbocycles. The van der Waals surface area contributed by atoms with Gasteiger partial charge in [-0.05, 0) is 37.8 Å². The summed E-state index contributed by atoms with van der Waals surface area (Å²) in [7, 11) is 3.75. The van der Waals surface area contributed by atoms with E-state index in [0.717, 1.165) is 23.2 Å². The average Bonchev–Trinajstić information content (AvgIpc) is 3.13. The van der Waals surface area contributed by atoms with Crippen LogP contribution in [0.3, 0.4) is 0 Å². The molecule has 1 unspecified atom stereocenters. The fraction of sp³-hybridized carbons (Fsp3) is 0.474. The third-order valence-corrected chi connectivity index (χ3v) is 5.74. The van der Waals surface area contributed by atoms with Crippen molar-refractivity contribution in [3.63, 3.8) is 0 Å². The van der Waals surface area contributed by atoms with E-state index in [2.05, 4.69) is 58.0 Å². The first-order valence-corrected chi connectivity index (χ1v) is 10.8. The number of thiazole rings is 1. The average molecular weight is 521 g/mol. The van der Waals surface area contributed by atoms with E-state index in [9.17, 15) is 0 Å². The molecule has 8 heteroatoms. The van der Waals surface area contributed by atoms with E-state index in [1.54, 1.807) is 30.2 Å². The zero-order valence-electron chi connectivity index (χ0n) is 16.6. The van der Waals surface area contributed by atoms with Crippen molar-refractivity contribution in [3.05, 3.63) is 45.9 Å². The number of aliphatic imine (C=N–C) groups is 1. The molecule has 5 nitrogen and oxygen atoms in total. The van der Waals surface area contributed by atoms with Crippen LogP contribution in [-0.2, 0) is 17.8 Å². The predicted molar refractivity (Wildman–Crippen MR) is 127 cm³/mol. The van der Waals surface area contributed by atoms with Gasteiger partial charge in [-0.1, -0.05) is 12.1 Å². The molecule has 0 fully saturated rings. The van der Waals surface area contributed by atoms with Gasteiger partial charge in [0.2, 0.25) is 0 Å². The second kappa shape index (κ2) is 12.6. The number of benzene rings is 1. The van der Waals surface area contributed by atoms with Crippen LogP contribution in [0.1, 0.15) is 36.2 Å².